The fraction of sp³-hybridized carbons (Fsp3) is 0.750. The van der Waals surface area contributed by atoms with Gasteiger partial charge in [0.2, 0.25) is 11.8 Å². The fourth-order valence-corrected chi connectivity index (χ4v) is 6.71. The van der Waals surface area contributed by atoms with Crippen molar-refractivity contribution in [2.24, 2.45) is 11.8 Å². The molecule has 0 aromatic rings. The molecule has 9 nitrogen and oxygen atoms in total. The lowest BCUT2D eigenvalue weighted by Gasteiger charge is -2.46. The average molecular weight is 440 g/mol. The molecule has 3 fully saturated rings. The Hall–Kier alpha value is -1.62. The van der Waals surface area contributed by atoms with E-state index in [9.17, 15) is 24.6 Å². The fourth-order valence-electron chi connectivity index (χ4n) is 5.23. The summed E-state index contributed by atoms with van der Waals surface area (Å²) in [5.41, 5.74) is 0.0489. The first kappa shape index (κ1) is 21.6. The smallest absolute Gasteiger partial charge is 0.353 e. The summed E-state index contributed by atoms with van der Waals surface area (Å²) in [6.07, 6.45) is -0.173. The van der Waals surface area contributed by atoms with Gasteiger partial charge in [0.1, 0.15) is 5.70 Å². The Morgan fingerprint density at radius 3 is 2.60 bits per heavy atom. The van der Waals surface area contributed by atoms with Crippen LogP contribution in [0.25, 0.3) is 0 Å². The molecular weight excluding hydrogens is 408 g/mol. The Morgan fingerprint density at radius 1 is 1.33 bits per heavy atom. The molecular formula is C20H31N4O5S+. The number of rotatable bonds is 5. The summed E-state index contributed by atoms with van der Waals surface area (Å²) in [5.74, 6) is -2.02. The standard InChI is InChI=1S/C20H30N4O5S/c1-10-15-14(11(2)25)19(27)23(15)16(20(28)29)17(10)30-12-7-13(21-8-12)18(26)22-5-6-24(3,4)9-22/h10-15,21,25H,5-9H2,1-4H3/p+1/t10-,11-,12+,13+,14-,15-/m1/s1. The molecule has 0 aromatic heterocycles. The van der Waals surface area contributed by atoms with Crippen molar-refractivity contribution in [1.82, 2.24) is 15.1 Å². The van der Waals surface area contributed by atoms with Crippen LogP contribution in [0, 0.1) is 11.8 Å². The quantitative estimate of drug-likeness (QED) is 0.391. The molecule has 0 radical (unpaired) electrons. The number of thioether (sulfide) groups is 1. The van der Waals surface area contributed by atoms with E-state index in [4.69, 9.17) is 0 Å². The van der Waals surface area contributed by atoms with Gasteiger partial charge in [-0.25, -0.2) is 4.79 Å². The normalized spacial score (nSPS) is 36.2. The minimum Gasteiger partial charge on any atom is -0.477 e. The second-order valence-electron chi connectivity index (χ2n) is 9.61. The Morgan fingerprint density at radius 2 is 2.03 bits per heavy atom. The number of carbonyl (C=O) groups is 3. The van der Waals surface area contributed by atoms with E-state index in [1.54, 1.807) is 6.92 Å². The van der Waals surface area contributed by atoms with Gasteiger partial charge in [0.15, 0.2) is 6.67 Å². The van der Waals surface area contributed by atoms with Crippen LogP contribution in [0.4, 0.5) is 0 Å². The number of hydrogen-bond donors (Lipinski definition) is 3. The monoisotopic (exact) mass is 439 g/mol. The summed E-state index contributed by atoms with van der Waals surface area (Å²) in [4.78, 5) is 41.2. The van der Waals surface area contributed by atoms with Crippen LogP contribution >= 0.6 is 11.8 Å². The molecule has 0 unspecified atom stereocenters. The molecule has 4 heterocycles. The molecule has 2 amide bonds. The lowest BCUT2D eigenvalue weighted by Crippen LogP contribution is -2.63. The van der Waals surface area contributed by atoms with Crippen LogP contribution in [0.2, 0.25) is 0 Å². The molecule has 0 aromatic carbocycles. The van der Waals surface area contributed by atoms with Gasteiger partial charge in [-0.05, 0) is 13.3 Å². The first-order chi connectivity index (χ1) is 14.0. The van der Waals surface area contributed by atoms with Gasteiger partial charge in [-0.2, -0.15) is 0 Å². The van der Waals surface area contributed by atoms with E-state index in [1.165, 1.54) is 16.7 Å². The molecule has 0 saturated carbocycles. The number of aliphatic hydroxyl groups excluding tert-OH is 1. The number of aliphatic hydroxyl groups is 1. The van der Waals surface area contributed by atoms with Gasteiger partial charge in [-0.15, -0.1) is 11.8 Å². The van der Waals surface area contributed by atoms with Crippen LogP contribution in [-0.4, -0.2) is 106 Å². The molecule has 0 bridgehead atoms. The first-order valence-corrected chi connectivity index (χ1v) is 11.4. The Bertz CT molecular complexity index is 813. The number of nitrogens with one attached hydrogen (secondary N) is 1. The number of hydrogen-bond acceptors (Lipinski definition) is 6. The molecule has 4 aliphatic rings. The number of nitrogens with zero attached hydrogens (tertiary/aromatic N) is 3. The van der Waals surface area contributed by atoms with Gasteiger partial charge >= 0.3 is 5.97 Å². The number of β-lactam (4-membered cyclic amide) rings is 1. The van der Waals surface area contributed by atoms with E-state index in [0.717, 1.165) is 17.6 Å². The molecule has 0 aliphatic carbocycles. The zero-order valence-corrected chi connectivity index (χ0v) is 18.7. The molecule has 3 N–H and O–H groups in total. The van der Waals surface area contributed by atoms with Crippen molar-refractivity contribution < 1.29 is 29.1 Å². The van der Waals surface area contributed by atoms with Gasteiger partial charge in [0.05, 0.1) is 51.3 Å². The highest BCUT2D eigenvalue weighted by atomic mass is 32.2. The maximum absolute atomic E-state index is 12.9. The molecule has 0 spiro atoms. The summed E-state index contributed by atoms with van der Waals surface area (Å²) >= 11 is 1.47. The highest BCUT2D eigenvalue weighted by Crippen LogP contribution is 2.51. The van der Waals surface area contributed by atoms with Crippen LogP contribution in [0.5, 0.6) is 0 Å². The minimum atomic E-state index is -1.11. The topological polar surface area (TPSA) is 110 Å². The second-order valence-corrected chi connectivity index (χ2v) is 11.0. The van der Waals surface area contributed by atoms with Gasteiger partial charge in [-0.1, -0.05) is 6.92 Å². The Balaban J connectivity index is 1.45. The zero-order valence-electron chi connectivity index (χ0n) is 17.9. The summed E-state index contributed by atoms with van der Waals surface area (Å²) in [7, 11) is 4.22. The highest BCUT2D eigenvalue weighted by Gasteiger charge is 2.60. The molecule has 10 heteroatoms. The van der Waals surface area contributed by atoms with E-state index in [2.05, 4.69) is 19.4 Å². The van der Waals surface area contributed by atoms with Crippen LogP contribution < -0.4 is 5.32 Å². The van der Waals surface area contributed by atoms with Crippen LogP contribution in [-0.2, 0) is 14.4 Å². The Labute approximate surface area is 180 Å². The third-order valence-electron chi connectivity index (χ3n) is 6.83. The average Bonchev–Trinajstić information content (AvgIpc) is 3.31. The number of fused-ring (bicyclic) bond motifs is 1. The lowest BCUT2D eigenvalue weighted by molar-refractivity contribution is -0.881. The van der Waals surface area contributed by atoms with E-state index in [-0.39, 0.29) is 40.8 Å². The molecule has 4 rings (SSSR count). The predicted molar refractivity (Wildman–Crippen MR) is 111 cm³/mol. The molecule has 30 heavy (non-hydrogen) atoms. The van der Waals surface area contributed by atoms with Crippen LogP contribution in [0.3, 0.4) is 0 Å². The molecule has 166 valence electrons. The van der Waals surface area contributed by atoms with Crippen molar-refractivity contribution >= 4 is 29.5 Å². The number of quaternary nitrogens is 1. The third-order valence-corrected chi connectivity index (χ3v) is 8.35. The number of carboxylic acids is 1. The van der Waals surface area contributed by atoms with Gasteiger partial charge in [0.25, 0.3) is 0 Å². The number of likely N-dealkylation sites (N-methyl/N-ethyl adjacent to an activating group) is 1. The number of carbonyl (C=O) groups excluding carboxylic acids is 2. The summed E-state index contributed by atoms with van der Waals surface area (Å²) in [5, 5.41) is 23.1. The largest absolute Gasteiger partial charge is 0.477 e. The zero-order chi connectivity index (χ0) is 22.0. The van der Waals surface area contributed by atoms with Gasteiger partial charge in [-0.3, -0.25) is 14.5 Å². The third kappa shape index (κ3) is 3.43. The molecule has 3 saturated heterocycles. The van der Waals surface area contributed by atoms with Crippen molar-refractivity contribution in [3.63, 3.8) is 0 Å². The Kier molecular flexibility index (Phi) is 5.41. The van der Waals surface area contributed by atoms with E-state index < -0.39 is 18.0 Å². The van der Waals surface area contributed by atoms with E-state index in [1.807, 2.05) is 11.8 Å². The predicted octanol–water partition coefficient (Wildman–Crippen LogP) is -0.520. The number of carboxylic acid groups (broad SMARTS) is 1. The van der Waals surface area contributed by atoms with Crippen LogP contribution in [0.15, 0.2) is 10.6 Å². The molecule has 6 atom stereocenters. The maximum atomic E-state index is 12.9. The van der Waals surface area contributed by atoms with E-state index in [0.29, 0.717) is 24.5 Å². The van der Waals surface area contributed by atoms with Crippen LogP contribution in [0.1, 0.15) is 20.3 Å². The van der Waals surface area contributed by atoms with Crippen molar-refractivity contribution in [1.29, 1.82) is 0 Å². The maximum Gasteiger partial charge on any atom is 0.353 e. The van der Waals surface area contributed by atoms with E-state index >= 15 is 0 Å². The number of aliphatic carboxylic acids is 1. The summed E-state index contributed by atoms with van der Waals surface area (Å²) in [6.45, 7) is 6.53. The lowest BCUT2D eigenvalue weighted by atomic mass is 9.79. The van der Waals surface area contributed by atoms with Gasteiger partial charge in [0, 0.05) is 22.6 Å². The van der Waals surface area contributed by atoms with Crippen molar-refractivity contribution in [3.8, 4) is 0 Å². The SMILES string of the molecule is C[C@@H](O)[C@H]1C(=O)N2C(C(=O)O)=C(S[C@@H]3CN[C@H](C(=O)N4CC[N+](C)(C)C4)C3)[C@H](C)[C@H]12. The van der Waals surface area contributed by atoms with Crippen molar-refractivity contribution in [2.75, 3.05) is 40.4 Å². The van der Waals surface area contributed by atoms with Crippen molar-refractivity contribution in [2.45, 2.75) is 43.7 Å². The first-order valence-electron chi connectivity index (χ1n) is 10.5. The van der Waals surface area contributed by atoms with Crippen molar-refractivity contribution in [3.05, 3.63) is 10.6 Å². The number of amides is 2. The highest BCUT2D eigenvalue weighted by molar-refractivity contribution is 8.03. The van der Waals surface area contributed by atoms with Gasteiger partial charge < -0.3 is 24.9 Å². The summed E-state index contributed by atoms with van der Waals surface area (Å²) in [6, 6.07) is -0.558. The summed E-state index contributed by atoms with van der Waals surface area (Å²) < 4.78 is 0.804. The minimum absolute atomic E-state index is 0.0489. The molecule has 4 aliphatic heterocycles. The second kappa shape index (κ2) is 7.51.